The van der Waals surface area contributed by atoms with E-state index in [1.165, 1.54) is 0 Å². The van der Waals surface area contributed by atoms with Crippen LogP contribution in [0.1, 0.15) is 12.8 Å². The van der Waals surface area contributed by atoms with Crippen molar-refractivity contribution in [1.29, 1.82) is 0 Å². The zero-order valence-electron chi connectivity index (χ0n) is 13.2. The van der Waals surface area contributed by atoms with Crippen molar-refractivity contribution in [1.82, 2.24) is 15.5 Å². The number of carbonyl (C=O) groups excluding carboxylic acids is 1. The van der Waals surface area contributed by atoms with E-state index in [4.69, 9.17) is 0 Å². The van der Waals surface area contributed by atoms with Crippen LogP contribution in [0.5, 0.6) is 0 Å². The first-order valence-corrected chi connectivity index (χ1v) is 7.56. The van der Waals surface area contributed by atoms with Crippen LogP contribution < -0.4 is 20.9 Å². The van der Waals surface area contributed by atoms with Gasteiger partial charge in [-0.3, -0.25) is 5.32 Å². The molecule has 0 spiro atoms. The predicted octanol–water partition coefficient (Wildman–Crippen LogP) is 2.57. The summed E-state index contributed by atoms with van der Waals surface area (Å²) in [6, 6.07) is 11.6. The Balaban J connectivity index is 1.57. The molecule has 23 heavy (non-hydrogen) atoms. The first-order chi connectivity index (χ1) is 11.1. The molecule has 2 amide bonds. The highest BCUT2D eigenvalue weighted by Gasteiger charge is 2.23. The fourth-order valence-electron chi connectivity index (χ4n) is 2.02. The quantitative estimate of drug-likeness (QED) is 0.790. The van der Waals surface area contributed by atoms with E-state index in [0.717, 1.165) is 24.2 Å². The number of amides is 2. The van der Waals surface area contributed by atoms with E-state index in [1.807, 2.05) is 43.3 Å². The summed E-state index contributed by atoms with van der Waals surface area (Å²) in [5.41, 5.74) is 2.06. The zero-order chi connectivity index (χ0) is 16.2. The molecule has 3 N–H and O–H groups in total. The van der Waals surface area contributed by atoms with Crippen LogP contribution in [0.4, 0.5) is 27.8 Å². The number of hydrogen-bond donors (Lipinski definition) is 3. The molecule has 7 heteroatoms. The SMILES string of the molecule is CN(C)c1ccc(Nc2ccc(NC(=O)NC3CC3)nn2)cc1. The second-order valence-electron chi connectivity index (χ2n) is 5.74. The van der Waals surface area contributed by atoms with Gasteiger partial charge in [-0.15, -0.1) is 10.2 Å². The maximum Gasteiger partial charge on any atom is 0.320 e. The van der Waals surface area contributed by atoms with Crippen molar-refractivity contribution in [3.05, 3.63) is 36.4 Å². The van der Waals surface area contributed by atoms with Gasteiger partial charge in [0.15, 0.2) is 11.6 Å². The van der Waals surface area contributed by atoms with E-state index in [2.05, 4.69) is 26.1 Å². The molecule has 7 nitrogen and oxygen atoms in total. The Bertz CT molecular complexity index is 664. The molecule has 1 aromatic heterocycles. The van der Waals surface area contributed by atoms with Gasteiger partial charge in [0.2, 0.25) is 0 Å². The minimum atomic E-state index is -0.234. The van der Waals surface area contributed by atoms with E-state index in [0.29, 0.717) is 17.7 Å². The number of carbonyl (C=O) groups is 1. The van der Waals surface area contributed by atoms with Crippen LogP contribution >= 0.6 is 0 Å². The molecular formula is C16H20N6O. The lowest BCUT2D eigenvalue weighted by molar-refractivity contribution is 0.251. The minimum Gasteiger partial charge on any atom is -0.378 e. The van der Waals surface area contributed by atoms with Gasteiger partial charge in [-0.2, -0.15) is 0 Å². The number of nitrogens with zero attached hydrogens (tertiary/aromatic N) is 3. The van der Waals surface area contributed by atoms with Crippen molar-refractivity contribution in [2.75, 3.05) is 29.6 Å². The third-order valence-corrected chi connectivity index (χ3v) is 3.47. The first kappa shape index (κ1) is 15.1. The van der Waals surface area contributed by atoms with Gasteiger partial charge < -0.3 is 15.5 Å². The molecule has 1 aromatic carbocycles. The molecule has 1 saturated carbocycles. The van der Waals surface area contributed by atoms with Crippen molar-refractivity contribution in [3.8, 4) is 0 Å². The first-order valence-electron chi connectivity index (χ1n) is 7.56. The third-order valence-electron chi connectivity index (χ3n) is 3.47. The number of urea groups is 1. The van der Waals surface area contributed by atoms with E-state index in [9.17, 15) is 4.79 Å². The van der Waals surface area contributed by atoms with Crippen LogP contribution in [0.3, 0.4) is 0 Å². The fourth-order valence-corrected chi connectivity index (χ4v) is 2.02. The summed E-state index contributed by atoms with van der Waals surface area (Å²) in [5.74, 6) is 1.05. The second-order valence-corrected chi connectivity index (χ2v) is 5.74. The van der Waals surface area contributed by atoms with Crippen molar-refractivity contribution in [2.24, 2.45) is 0 Å². The molecule has 120 valence electrons. The van der Waals surface area contributed by atoms with Gasteiger partial charge >= 0.3 is 6.03 Å². The molecule has 1 aliphatic carbocycles. The summed E-state index contributed by atoms with van der Waals surface area (Å²) in [6.07, 6.45) is 2.10. The average Bonchev–Trinajstić information content (AvgIpc) is 3.33. The summed E-state index contributed by atoms with van der Waals surface area (Å²) in [4.78, 5) is 13.7. The lowest BCUT2D eigenvalue weighted by Crippen LogP contribution is -2.30. The summed E-state index contributed by atoms with van der Waals surface area (Å²) in [6.45, 7) is 0. The number of benzene rings is 1. The minimum absolute atomic E-state index is 0.234. The maximum absolute atomic E-state index is 11.6. The number of anilines is 4. The van der Waals surface area contributed by atoms with Crippen LogP contribution in [0.2, 0.25) is 0 Å². The summed E-state index contributed by atoms with van der Waals surface area (Å²) in [5, 5.41) is 16.7. The van der Waals surface area contributed by atoms with Gasteiger partial charge in [-0.05, 0) is 49.2 Å². The van der Waals surface area contributed by atoms with Gasteiger partial charge in [0.05, 0.1) is 0 Å². The number of hydrogen-bond acceptors (Lipinski definition) is 5. The van der Waals surface area contributed by atoms with Gasteiger partial charge in [0.1, 0.15) is 0 Å². The van der Waals surface area contributed by atoms with Crippen molar-refractivity contribution in [2.45, 2.75) is 18.9 Å². The molecule has 2 aromatic rings. The van der Waals surface area contributed by atoms with Crippen molar-refractivity contribution >= 4 is 29.0 Å². The Morgan fingerprint density at radius 2 is 1.70 bits per heavy atom. The lowest BCUT2D eigenvalue weighted by atomic mass is 10.2. The number of rotatable bonds is 5. The lowest BCUT2D eigenvalue weighted by Gasteiger charge is -2.13. The van der Waals surface area contributed by atoms with E-state index >= 15 is 0 Å². The Hall–Kier alpha value is -2.83. The summed E-state index contributed by atoms with van der Waals surface area (Å²) < 4.78 is 0. The molecule has 3 rings (SSSR count). The largest absolute Gasteiger partial charge is 0.378 e. The molecule has 0 atom stereocenters. The third kappa shape index (κ3) is 4.32. The van der Waals surface area contributed by atoms with E-state index in [-0.39, 0.29) is 6.03 Å². The molecule has 1 aliphatic rings. The highest BCUT2D eigenvalue weighted by Crippen LogP contribution is 2.20. The molecule has 0 radical (unpaired) electrons. The van der Waals surface area contributed by atoms with Crippen LogP contribution in [0.15, 0.2) is 36.4 Å². The molecule has 0 unspecified atom stereocenters. The summed E-state index contributed by atoms with van der Waals surface area (Å²) in [7, 11) is 4.00. The van der Waals surface area contributed by atoms with Crippen LogP contribution in [-0.4, -0.2) is 36.4 Å². The van der Waals surface area contributed by atoms with E-state index < -0.39 is 0 Å². The molecule has 1 heterocycles. The highest BCUT2D eigenvalue weighted by atomic mass is 16.2. The monoisotopic (exact) mass is 312 g/mol. The normalized spacial score (nSPS) is 13.3. The molecule has 0 aliphatic heterocycles. The Labute approximate surface area is 135 Å². The Morgan fingerprint density at radius 1 is 1.04 bits per heavy atom. The highest BCUT2D eigenvalue weighted by molar-refractivity contribution is 5.88. The predicted molar refractivity (Wildman–Crippen MR) is 91.3 cm³/mol. The fraction of sp³-hybridized carbons (Fsp3) is 0.312. The molecule has 0 saturated heterocycles. The molecule has 1 fully saturated rings. The van der Waals surface area contributed by atoms with Crippen molar-refractivity contribution in [3.63, 3.8) is 0 Å². The second kappa shape index (κ2) is 6.51. The van der Waals surface area contributed by atoms with Crippen molar-refractivity contribution < 1.29 is 4.79 Å². The summed E-state index contributed by atoms with van der Waals surface area (Å²) >= 11 is 0. The topological polar surface area (TPSA) is 82.2 Å². The van der Waals surface area contributed by atoms with Gasteiger partial charge in [0, 0.05) is 31.5 Å². The average molecular weight is 312 g/mol. The molecule has 0 bridgehead atoms. The Morgan fingerprint density at radius 3 is 2.26 bits per heavy atom. The van der Waals surface area contributed by atoms with Gasteiger partial charge in [-0.1, -0.05) is 0 Å². The number of aromatic nitrogens is 2. The van der Waals surface area contributed by atoms with Crippen LogP contribution in [0.25, 0.3) is 0 Å². The molecular weight excluding hydrogens is 292 g/mol. The smallest absolute Gasteiger partial charge is 0.320 e. The Kier molecular flexibility index (Phi) is 4.27. The maximum atomic E-state index is 11.6. The standard InChI is InChI=1S/C16H20N6O/c1-22(2)13-7-5-11(6-8-13)17-14-9-10-15(21-20-14)19-16(23)18-12-3-4-12/h5-10,12H,3-4H2,1-2H3,(H,17,20)(H2,18,19,21,23). The van der Waals surface area contributed by atoms with Gasteiger partial charge in [-0.25, -0.2) is 4.79 Å². The zero-order valence-corrected chi connectivity index (χ0v) is 13.2. The van der Waals surface area contributed by atoms with Crippen LogP contribution in [0, 0.1) is 0 Å². The van der Waals surface area contributed by atoms with Gasteiger partial charge in [0.25, 0.3) is 0 Å². The number of nitrogens with one attached hydrogen (secondary N) is 3. The van der Waals surface area contributed by atoms with E-state index in [1.54, 1.807) is 12.1 Å². The van der Waals surface area contributed by atoms with Crippen LogP contribution in [-0.2, 0) is 0 Å².